The maximum atomic E-state index is 12.8. The van der Waals surface area contributed by atoms with Crippen molar-refractivity contribution in [2.24, 2.45) is 0 Å². The van der Waals surface area contributed by atoms with E-state index in [2.05, 4.69) is 37.4 Å². The highest BCUT2D eigenvalue weighted by molar-refractivity contribution is 6.06. The number of anilines is 1. The number of methoxy groups -OCH3 is 1. The van der Waals surface area contributed by atoms with E-state index in [1.165, 1.54) is 29.8 Å². The first-order chi connectivity index (χ1) is 17.1. The van der Waals surface area contributed by atoms with Gasteiger partial charge in [0.25, 0.3) is 5.69 Å². The van der Waals surface area contributed by atoms with Crippen molar-refractivity contribution in [1.29, 1.82) is 0 Å². The fourth-order valence-electron chi connectivity index (χ4n) is 4.54. The van der Waals surface area contributed by atoms with Crippen LogP contribution in [0.3, 0.4) is 0 Å². The van der Waals surface area contributed by atoms with Crippen molar-refractivity contribution in [3.63, 3.8) is 0 Å². The van der Waals surface area contributed by atoms with E-state index in [1.807, 2.05) is 19.9 Å². The highest BCUT2D eigenvalue weighted by Crippen LogP contribution is 2.41. The Balaban J connectivity index is 1.74. The van der Waals surface area contributed by atoms with Crippen molar-refractivity contribution in [3.8, 4) is 16.9 Å². The van der Waals surface area contributed by atoms with Gasteiger partial charge in [0.05, 0.1) is 18.3 Å². The lowest BCUT2D eigenvalue weighted by Gasteiger charge is -2.14. The van der Waals surface area contributed by atoms with Gasteiger partial charge in [-0.15, -0.1) is 0 Å². The molecule has 7 nitrogen and oxygen atoms in total. The molecule has 0 saturated heterocycles. The molecule has 1 amide bonds. The number of amides is 1. The van der Waals surface area contributed by atoms with Gasteiger partial charge < -0.3 is 14.5 Å². The van der Waals surface area contributed by atoms with Crippen molar-refractivity contribution in [2.45, 2.75) is 34.6 Å². The van der Waals surface area contributed by atoms with Crippen LogP contribution >= 0.6 is 0 Å². The number of allylic oxidation sites excluding steroid dienone is 1. The molecule has 0 aliphatic carbocycles. The summed E-state index contributed by atoms with van der Waals surface area (Å²) in [5.74, 6) is 0.295. The van der Waals surface area contributed by atoms with Gasteiger partial charge >= 0.3 is 0 Å². The molecule has 0 bridgehead atoms. The van der Waals surface area contributed by atoms with Gasteiger partial charge in [0.15, 0.2) is 0 Å². The van der Waals surface area contributed by atoms with E-state index in [0.717, 1.165) is 38.8 Å². The molecular weight excluding hydrogens is 456 g/mol. The van der Waals surface area contributed by atoms with E-state index in [9.17, 15) is 14.9 Å². The highest BCUT2D eigenvalue weighted by Gasteiger charge is 2.20. The van der Waals surface area contributed by atoms with Crippen LogP contribution in [0.5, 0.6) is 5.75 Å². The molecule has 0 atom stereocenters. The number of hydrogen-bond donors (Lipinski definition) is 1. The molecule has 7 heteroatoms. The third-order valence-electron chi connectivity index (χ3n) is 6.37. The van der Waals surface area contributed by atoms with Crippen LogP contribution < -0.4 is 10.1 Å². The summed E-state index contributed by atoms with van der Waals surface area (Å²) in [6, 6.07) is 12.6. The lowest BCUT2D eigenvalue weighted by Crippen LogP contribution is -2.10. The average Bonchev–Trinajstić information content (AvgIpc) is 3.24. The van der Waals surface area contributed by atoms with Gasteiger partial charge in [0, 0.05) is 46.0 Å². The second kappa shape index (κ2) is 9.70. The standard InChI is InChI=1S/C29H28N2O5/c1-16-7-9-22(17(2)11-16)25-15-36-29-20(5)28(35-6)23(14-24(25)29)18(3)13-27(32)30-26-10-8-21(31(33)34)12-19(26)4/h7-15H,1-6H3,(H,30,32)/b18-13+. The van der Waals surface area contributed by atoms with E-state index >= 15 is 0 Å². The number of furan rings is 1. The van der Waals surface area contributed by atoms with Crippen molar-refractivity contribution < 1.29 is 18.9 Å². The first kappa shape index (κ1) is 24.7. The maximum absolute atomic E-state index is 12.8. The third-order valence-corrected chi connectivity index (χ3v) is 6.37. The minimum atomic E-state index is -0.463. The van der Waals surface area contributed by atoms with Gasteiger partial charge in [0.2, 0.25) is 5.91 Å². The summed E-state index contributed by atoms with van der Waals surface area (Å²) in [5, 5.41) is 14.7. The summed E-state index contributed by atoms with van der Waals surface area (Å²) in [6.07, 6.45) is 3.27. The minimum absolute atomic E-state index is 0.0227. The molecule has 36 heavy (non-hydrogen) atoms. The molecule has 0 saturated carbocycles. The van der Waals surface area contributed by atoms with Crippen LogP contribution in [0.1, 0.15) is 34.7 Å². The van der Waals surface area contributed by atoms with Gasteiger partial charge in [-0.05, 0) is 69.0 Å². The SMILES string of the molecule is COc1c(/C(C)=C/C(=O)Nc2ccc([N+](=O)[O-])cc2C)cc2c(-c3ccc(C)cc3C)coc2c1C. The Kier molecular flexibility index (Phi) is 6.66. The summed E-state index contributed by atoms with van der Waals surface area (Å²) in [4.78, 5) is 23.4. The predicted octanol–water partition coefficient (Wildman–Crippen LogP) is 7.29. The largest absolute Gasteiger partial charge is 0.496 e. The predicted molar refractivity (Wildman–Crippen MR) is 143 cm³/mol. The van der Waals surface area contributed by atoms with E-state index in [-0.39, 0.29) is 11.6 Å². The van der Waals surface area contributed by atoms with E-state index in [4.69, 9.17) is 9.15 Å². The van der Waals surface area contributed by atoms with Crippen LogP contribution in [-0.2, 0) is 4.79 Å². The normalized spacial score (nSPS) is 11.6. The van der Waals surface area contributed by atoms with Crippen molar-refractivity contribution in [3.05, 3.63) is 92.7 Å². The number of rotatable bonds is 6. The Bertz CT molecular complexity index is 1550. The topological polar surface area (TPSA) is 94.6 Å². The number of fused-ring (bicyclic) bond motifs is 1. The second-order valence-electron chi connectivity index (χ2n) is 9.00. The molecule has 0 fully saturated rings. The van der Waals surface area contributed by atoms with E-state index < -0.39 is 4.92 Å². The molecule has 1 aromatic heterocycles. The van der Waals surface area contributed by atoms with Crippen molar-refractivity contribution in [1.82, 2.24) is 0 Å². The molecule has 0 radical (unpaired) electrons. The Morgan fingerprint density at radius 1 is 1.03 bits per heavy atom. The number of ether oxygens (including phenoxy) is 1. The molecule has 1 N–H and O–H groups in total. The van der Waals surface area contributed by atoms with Crippen LogP contribution in [0, 0.1) is 37.8 Å². The van der Waals surface area contributed by atoms with Crippen LogP contribution in [-0.4, -0.2) is 17.9 Å². The van der Waals surface area contributed by atoms with Crippen molar-refractivity contribution >= 4 is 33.8 Å². The van der Waals surface area contributed by atoms with Gasteiger partial charge in [-0.25, -0.2) is 0 Å². The number of nitrogens with zero attached hydrogens (tertiary/aromatic N) is 1. The Labute approximate surface area is 209 Å². The molecule has 4 rings (SSSR count). The van der Waals surface area contributed by atoms with Crippen LogP contribution in [0.15, 0.2) is 59.2 Å². The number of benzene rings is 3. The van der Waals surface area contributed by atoms with Crippen molar-refractivity contribution in [2.75, 3.05) is 12.4 Å². The number of non-ortho nitro benzene ring substituents is 1. The molecule has 0 unspecified atom stereocenters. The Hall–Kier alpha value is -4.39. The van der Waals surface area contributed by atoms with Gasteiger partial charge in [-0.2, -0.15) is 0 Å². The number of hydrogen-bond acceptors (Lipinski definition) is 5. The van der Waals surface area contributed by atoms with Gasteiger partial charge in [0.1, 0.15) is 11.3 Å². The second-order valence-corrected chi connectivity index (χ2v) is 9.00. The zero-order chi connectivity index (χ0) is 26.1. The summed E-state index contributed by atoms with van der Waals surface area (Å²) in [5.41, 5.74) is 8.59. The van der Waals surface area contributed by atoms with Crippen LogP contribution in [0.25, 0.3) is 27.7 Å². The number of nitrogens with one attached hydrogen (secondary N) is 1. The Morgan fingerprint density at radius 2 is 1.78 bits per heavy atom. The molecule has 4 aromatic rings. The fourth-order valence-corrected chi connectivity index (χ4v) is 4.54. The van der Waals surface area contributed by atoms with Crippen LogP contribution in [0.2, 0.25) is 0 Å². The van der Waals surface area contributed by atoms with E-state index in [0.29, 0.717) is 22.6 Å². The lowest BCUT2D eigenvalue weighted by atomic mass is 9.94. The lowest BCUT2D eigenvalue weighted by molar-refractivity contribution is -0.384. The van der Waals surface area contributed by atoms with Gasteiger partial charge in [-0.3, -0.25) is 14.9 Å². The van der Waals surface area contributed by atoms with Crippen LogP contribution in [0.4, 0.5) is 11.4 Å². The third kappa shape index (κ3) is 4.60. The highest BCUT2D eigenvalue weighted by atomic mass is 16.6. The average molecular weight is 485 g/mol. The smallest absolute Gasteiger partial charge is 0.269 e. The number of carbonyl (C=O) groups excluding carboxylic acids is 1. The monoisotopic (exact) mass is 484 g/mol. The minimum Gasteiger partial charge on any atom is -0.496 e. The quantitative estimate of drug-likeness (QED) is 0.176. The molecule has 1 heterocycles. The fraction of sp³-hybridized carbons (Fsp3) is 0.207. The maximum Gasteiger partial charge on any atom is 0.269 e. The molecular formula is C29H28N2O5. The summed E-state index contributed by atoms with van der Waals surface area (Å²) >= 11 is 0. The Morgan fingerprint density at radius 3 is 2.42 bits per heavy atom. The summed E-state index contributed by atoms with van der Waals surface area (Å²) < 4.78 is 11.7. The zero-order valence-electron chi connectivity index (χ0n) is 21.2. The molecule has 0 aliphatic rings. The summed E-state index contributed by atoms with van der Waals surface area (Å²) in [6.45, 7) is 9.64. The number of nitro groups is 1. The number of aryl methyl sites for hydroxylation is 4. The molecule has 184 valence electrons. The molecule has 3 aromatic carbocycles. The zero-order valence-corrected chi connectivity index (χ0v) is 21.2. The number of carbonyl (C=O) groups is 1. The van der Waals surface area contributed by atoms with E-state index in [1.54, 1.807) is 20.3 Å². The first-order valence-electron chi connectivity index (χ1n) is 11.5. The molecule has 0 aliphatic heterocycles. The first-order valence-corrected chi connectivity index (χ1v) is 11.5. The molecule has 0 spiro atoms. The number of nitro benzene ring substituents is 1. The van der Waals surface area contributed by atoms with Gasteiger partial charge in [-0.1, -0.05) is 23.8 Å². The summed E-state index contributed by atoms with van der Waals surface area (Å²) in [7, 11) is 1.60.